The average molecular weight is 320 g/mol. The molecule has 0 unspecified atom stereocenters. The van der Waals surface area contributed by atoms with Gasteiger partial charge in [-0.1, -0.05) is 13.8 Å². The molecule has 120 valence electrons. The zero-order valence-electron chi connectivity index (χ0n) is 12.5. The van der Waals surface area contributed by atoms with Gasteiger partial charge in [0.15, 0.2) is 17.2 Å². The van der Waals surface area contributed by atoms with E-state index in [2.05, 4.69) is 20.2 Å². The van der Waals surface area contributed by atoms with Gasteiger partial charge in [0.2, 0.25) is 5.88 Å². The maximum Gasteiger partial charge on any atom is 0.324 e. The first-order chi connectivity index (χ1) is 11.0. The maximum atomic E-state index is 13.6. The number of rotatable bonds is 5. The Morgan fingerprint density at radius 2 is 2.09 bits per heavy atom. The van der Waals surface area contributed by atoms with Crippen LogP contribution in [0.15, 0.2) is 24.4 Å². The number of aromatic nitrogens is 4. The zero-order chi connectivity index (χ0) is 16.4. The van der Waals surface area contributed by atoms with Gasteiger partial charge in [-0.2, -0.15) is 4.98 Å². The monoisotopic (exact) mass is 320 g/mol. The lowest BCUT2D eigenvalue weighted by atomic mass is 10.2. The van der Waals surface area contributed by atoms with Gasteiger partial charge in [-0.05, 0) is 18.1 Å². The van der Waals surface area contributed by atoms with Crippen molar-refractivity contribution in [3.63, 3.8) is 0 Å². The number of nitrogens with zero attached hydrogens (tertiary/aromatic N) is 3. The first-order valence-corrected chi connectivity index (χ1v) is 6.99. The van der Waals surface area contributed by atoms with Gasteiger partial charge < -0.3 is 9.47 Å². The fourth-order valence-electron chi connectivity index (χ4n) is 1.83. The Bertz CT molecular complexity index is 835. The van der Waals surface area contributed by atoms with Gasteiger partial charge in [0.1, 0.15) is 11.2 Å². The summed E-state index contributed by atoms with van der Waals surface area (Å²) in [6.07, 6.45) is 1.47. The largest absolute Gasteiger partial charge is 0.476 e. The second-order valence-corrected chi connectivity index (χ2v) is 5.33. The Morgan fingerprint density at radius 3 is 2.83 bits per heavy atom. The van der Waals surface area contributed by atoms with Crippen molar-refractivity contribution < 1.29 is 18.3 Å². The van der Waals surface area contributed by atoms with Gasteiger partial charge in [-0.25, -0.2) is 13.8 Å². The van der Waals surface area contributed by atoms with Gasteiger partial charge in [0.25, 0.3) is 0 Å². The summed E-state index contributed by atoms with van der Waals surface area (Å²) in [6, 6.07) is 2.90. The van der Waals surface area contributed by atoms with Crippen molar-refractivity contribution in [3.8, 4) is 17.6 Å². The maximum absolute atomic E-state index is 13.6. The number of hydrogen-bond acceptors (Lipinski definition) is 5. The molecule has 0 bridgehead atoms. The van der Waals surface area contributed by atoms with Crippen LogP contribution in [0.3, 0.4) is 0 Å². The van der Waals surface area contributed by atoms with Crippen LogP contribution in [0.1, 0.15) is 13.8 Å². The minimum Gasteiger partial charge on any atom is -0.476 e. The lowest BCUT2D eigenvalue weighted by Gasteiger charge is -2.06. The minimum atomic E-state index is -0.834. The summed E-state index contributed by atoms with van der Waals surface area (Å²) in [5, 5.41) is 7.31. The van der Waals surface area contributed by atoms with Crippen molar-refractivity contribution in [1.82, 2.24) is 20.2 Å². The highest BCUT2D eigenvalue weighted by Gasteiger charge is 2.13. The molecule has 2 heterocycles. The van der Waals surface area contributed by atoms with E-state index in [9.17, 15) is 8.78 Å². The molecule has 2 aromatic heterocycles. The fourth-order valence-corrected chi connectivity index (χ4v) is 1.83. The molecule has 0 saturated carbocycles. The normalized spacial score (nSPS) is 11.2. The van der Waals surface area contributed by atoms with E-state index in [4.69, 9.17) is 9.47 Å². The first kappa shape index (κ1) is 15.1. The van der Waals surface area contributed by atoms with Crippen LogP contribution in [0.25, 0.3) is 11.0 Å². The third kappa shape index (κ3) is 3.36. The molecule has 8 heteroatoms. The van der Waals surface area contributed by atoms with Crippen LogP contribution in [0, 0.1) is 17.6 Å². The standard InChI is InChI=1S/C15H14F2N4O2/c1-8(2)7-22-14-10-6-18-15(19-13(10)20-21-14)23-12-4-3-9(16)5-11(12)17/h3-6,8H,7H2,1-2H3,(H,18,19,20,21). The quantitative estimate of drug-likeness (QED) is 0.779. The van der Waals surface area contributed by atoms with Gasteiger partial charge in [-0.3, -0.25) is 5.10 Å². The number of nitrogens with one attached hydrogen (secondary N) is 1. The first-order valence-electron chi connectivity index (χ1n) is 6.99. The topological polar surface area (TPSA) is 72.9 Å². The number of fused-ring (bicyclic) bond motifs is 1. The molecule has 23 heavy (non-hydrogen) atoms. The third-order valence-corrected chi connectivity index (χ3v) is 2.91. The summed E-state index contributed by atoms with van der Waals surface area (Å²) in [7, 11) is 0. The van der Waals surface area contributed by atoms with Gasteiger partial charge in [-0.15, -0.1) is 5.10 Å². The second-order valence-electron chi connectivity index (χ2n) is 5.33. The summed E-state index contributed by atoms with van der Waals surface area (Å²) >= 11 is 0. The van der Waals surface area contributed by atoms with Gasteiger partial charge >= 0.3 is 6.01 Å². The molecule has 0 aliphatic carbocycles. The summed E-state index contributed by atoms with van der Waals surface area (Å²) < 4.78 is 37.2. The Kier molecular flexibility index (Phi) is 4.05. The van der Waals surface area contributed by atoms with Crippen LogP contribution >= 0.6 is 0 Å². The number of ether oxygens (including phenoxy) is 2. The van der Waals surface area contributed by atoms with Crippen LogP contribution < -0.4 is 9.47 Å². The summed E-state index contributed by atoms with van der Waals surface area (Å²) in [5.74, 6) is -0.938. The van der Waals surface area contributed by atoms with Crippen molar-refractivity contribution >= 4 is 11.0 Å². The van der Waals surface area contributed by atoms with E-state index in [-0.39, 0.29) is 11.8 Å². The van der Waals surface area contributed by atoms with E-state index in [1.165, 1.54) is 12.3 Å². The Balaban J connectivity index is 1.83. The van der Waals surface area contributed by atoms with Crippen molar-refractivity contribution in [3.05, 3.63) is 36.0 Å². The van der Waals surface area contributed by atoms with Crippen molar-refractivity contribution in [2.45, 2.75) is 13.8 Å². The van der Waals surface area contributed by atoms with Crippen molar-refractivity contribution in [1.29, 1.82) is 0 Å². The molecule has 0 amide bonds. The molecule has 3 aromatic rings. The predicted molar refractivity (Wildman–Crippen MR) is 78.4 cm³/mol. The lowest BCUT2D eigenvalue weighted by Crippen LogP contribution is -2.04. The molecule has 0 aliphatic rings. The van der Waals surface area contributed by atoms with E-state index in [1.807, 2.05) is 13.8 Å². The summed E-state index contributed by atoms with van der Waals surface area (Å²) in [4.78, 5) is 8.08. The lowest BCUT2D eigenvalue weighted by molar-refractivity contribution is 0.263. The van der Waals surface area contributed by atoms with E-state index >= 15 is 0 Å². The van der Waals surface area contributed by atoms with E-state index < -0.39 is 11.6 Å². The highest BCUT2D eigenvalue weighted by molar-refractivity contribution is 5.79. The van der Waals surface area contributed by atoms with Crippen LogP contribution in [0.5, 0.6) is 17.6 Å². The number of aromatic amines is 1. The SMILES string of the molecule is CC(C)COc1n[nH]c2nc(Oc3ccc(F)cc3F)ncc12. The molecular formula is C15H14F2N4O2. The molecular weight excluding hydrogens is 306 g/mol. The van der Waals surface area contributed by atoms with Crippen molar-refractivity contribution in [2.24, 2.45) is 5.92 Å². The Hall–Kier alpha value is -2.77. The predicted octanol–water partition coefficient (Wildman–Crippen LogP) is 3.46. The van der Waals surface area contributed by atoms with Crippen LogP contribution in [0.4, 0.5) is 8.78 Å². The second kappa shape index (κ2) is 6.15. The minimum absolute atomic E-state index is 0.0814. The molecule has 0 spiro atoms. The van der Waals surface area contributed by atoms with Crippen LogP contribution in [-0.4, -0.2) is 26.8 Å². The molecule has 0 radical (unpaired) electrons. The van der Waals surface area contributed by atoms with Crippen LogP contribution in [-0.2, 0) is 0 Å². The molecule has 1 N–H and O–H groups in total. The molecule has 1 aromatic carbocycles. The number of hydrogen-bond donors (Lipinski definition) is 1. The van der Waals surface area contributed by atoms with E-state index in [1.54, 1.807) is 0 Å². The average Bonchev–Trinajstić information content (AvgIpc) is 2.90. The molecule has 0 atom stereocenters. The van der Waals surface area contributed by atoms with E-state index in [0.29, 0.717) is 29.4 Å². The van der Waals surface area contributed by atoms with Gasteiger partial charge in [0.05, 0.1) is 6.61 Å². The van der Waals surface area contributed by atoms with Gasteiger partial charge in [0, 0.05) is 12.3 Å². The molecule has 0 fully saturated rings. The summed E-state index contributed by atoms with van der Waals surface area (Å²) in [6.45, 7) is 4.56. The molecule has 6 nitrogen and oxygen atoms in total. The number of benzene rings is 1. The van der Waals surface area contributed by atoms with Crippen LogP contribution in [0.2, 0.25) is 0 Å². The Labute approximate surface area is 130 Å². The zero-order valence-corrected chi connectivity index (χ0v) is 12.5. The molecule has 0 saturated heterocycles. The summed E-state index contributed by atoms with van der Waals surface area (Å²) in [5.41, 5.74) is 0.399. The highest BCUT2D eigenvalue weighted by Crippen LogP contribution is 2.26. The number of halogens is 2. The molecule has 3 rings (SSSR count). The molecule has 0 aliphatic heterocycles. The van der Waals surface area contributed by atoms with E-state index in [0.717, 1.165) is 12.1 Å². The smallest absolute Gasteiger partial charge is 0.324 e. The number of H-pyrrole nitrogens is 1. The highest BCUT2D eigenvalue weighted by atomic mass is 19.1. The Morgan fingerprint density at radius 1 is 1.26 bits per heavy atom. The fraction of sp³-hybridized carbons (Fsp3) is 0.267. The third-order valence-electron chi connectivity index (χ3n) is 2.91. The van der Waals surface area contributed by atoms with Crippen molar-refractivity contribution in [2.75, 3.05) is 6.61 Å².